The summed E-state index contributed by atoms with van der Waals surface area (Å²) in [6.07, 6.45) is -1.00. The second kappa shape index (κ2) is 4.59. The second-order valence-electron chi connectivity index (χ2n) is 4.58. The summed E-state index contributed by atoms with van der Waals surface area (Å²) in [4.78, 5) is 24.2. The van der Waals surface area contributed by atoms with Crippen LogP contribution < -0.4 is 5.32 Å². The Hall–Kier alpha value is -1.18. The van der Waals surface area contributed by atoms with Gasteiger partial charge in [-0.25, -0.2) is 4.79 Å². The molecule has 0 radical (unpaired) electrons. The summed E-state index contributed by atoms with van der Waals surface area (Å²) in [5, 5.41) is 30.6. The van der Waals surface area contributed by atoms with E-state index in [0.717, 1.165) is 0 Å². The van der Waals surface area contributed by atoms with Gasteiger partial charge < -0.3 is 25.5 Å². The summed E-state index contributed by atoms with van der Waals surface area (Å²) >= 11 is 0. The fraction of sp³-hybridized carbons (Fsp3) is 0.800. The van der Waals surface area contributed by atoms with Crippen LogP contribution in [0.25, 0.3) is 0 Å². The van der Waals surface area contributed by atoms with E-state index in [1.54, 1.807) is 0 Å². The van der Waals surface area contributed by atoms with Crippen LogP contribution in [0.4, 0.5) is 0 Å². The summed E-state index contributed by atoms with van der Waals surface area (Å²) in [6, 6.07) is -1.51. The van der Waals surface area contributed by atoms with E-state index in [1.165, 1.54) is 4.90 Å². The fourth-order valence-corrected chi connectivity index (χ4v) is 2.40. The smallest absolute Gasteiger partial charge is 0.326 e. The van der Waals surface area contributed by atoms with Gasteiger partial charge in [-0.2, -0.15) is 0 Å². The SMILES string of the molecule is O=C(O)[C@@H]1CC(O)CN1C(=O)C1CC(O)CN1. The molecule has 2 aliphatic rings. The van der Waals surface area contributed by atoms with Gasteiger partial charge in [0.05, 0.1) is 18.2 Å². The third kappa shape index (κ3) is 2.41. The van der Waals surface area contributed by atoms with E-state index in [2.05, 4.69) is 5.32 Å². The van der Waals surface area contributed by atoms with E-state index in [-0.39, 0.29) is 25.3 Å². The van der Waals surface area contributed by atoms with Crippen LogP contribution in [0.2, 0.25) is 0 Å². The van der Waals surface area contributed by atoms with E-state index in [0.29, 0.717) is 6.54 Å². The molecule has 1 amide bonds. The predicted molar refractivity (Wildman–Crippen MR) is 56.2 cm³/mol. The number of nitrogens with one attached hydrogen (secondary N) is 1. The number of carbonyl (C=O) groups is 2. The minimum Gasteiger partial charge on any atom is -0.480 e. The summed E-state index contributed by atoms with van der Waals surface area (Å²) in [6.45, 7) is 0.384. The molecule has 96 valence electrons. The zero-order valence-corrected chi connectivity index (χ0v) is 9.24. The van der Waals surface area contributed by atoms with Crippen LogP contribution >= 0.6 is 0 Å². The van der Waals surface area contributed by atoms with Crippen molar-refractivity contribution in [3.63, 3.8) is 0 Å². The highest BCUT2D eigenvalue weighted by molar-refractivity contribution is 5.88. The molecule has 2 fully saturated rings. The first kappa shape index (κ1) is 12.3. The summed E-state index contributed by atoms with van der Waals surface area (Å²) < 4.78 is 0. The Morgan fingerprint density at radius 1 is 1.18 bits per heavy atom. The largest absolute Gasteiger partial charge is 0.480 e. The Kier molecular flexibility index (Phi) is 3.32. The van der Waals surface area contributed by atoms with Crippen molar-refractivity contribution in [2.75, 3.05) is 13.1 Å². The number of carboxylic acids is 1. The van der Waals surface area contributed by atoms with Gasteiger partial charge in [-0.05, 0) is 6.42 Å². The number of hydrogen-bond donors (Lipinski definition) is 4. The number of likely N-dealkylation sites (tertiary alicyclic amines) is 1. The number of rotatable bonds is 2. The maximum Gasteiger partial charge on any atom is 0.326 e. The lowest BCUT2D eigenvalue weighted by atomic mass is 10.1. The van der Waals surface area contributed by atoms with Crippen LogP contribution in [0.3, 0.4) is 0 Å². The normalized spacial score (nSPS) is 37.4. The molecule has 0 saturated carbocycles. The number of amides is 1. The summed E-state index contributed by atoms with van der Waals surface area (Å²) in [5.41, 5.74) is 0. The Bertz CT molecular complexity index is 335. The average Bonchev–Trinajstić information content (AvgIpc) is 2.83. The molecule has 0 aromatic heterocycles. The first-order valence-corrected chi connectivity index (χ1v) is 5.62. The lowest BCUT2D eigenvalue weighted by Gasteiger charge is -2.24. The third-order valence-electron chi connectivity index (χ3n) is 3.25. The Balaban J connectivity index is 2.05. The molecule has 4 N–H and O–H groups in total. The number of carboxylic acid groups (broad SMARTS) is 1. The zero-order valence-electron chi connectivity index (χ0n) is 9.24. The van der Waals surface area contributed by atoms with Crippen LogP contribution in [-0.4, -0.2) is 69.5 Å². The molecule has 2 rings (SSSR count). The molecular formula is C10H16N2O5. The number of aliphatic hydroxyl groups is 2. The maximum absolute atomic E-state index is 12.0. The lowest BCUT2D eigenvalue weighted by Crippen LogP contribution is -2.48. The maximum atomic E-state index is 12.0. The fourth-order valence-electron chi connectivity index (χ4n) is 2.40. The molecule has 7 heteroatoms. The van der Waals surface area contributed by atoms with E-state index in [1.807, 2.05) is 0 Å². The van der Waals surface area contributed by atoms with Crippen molar-refractivity contribution in [1.82, 2.24) is 10.2 Å². The van der Waals surface area contributed by atoms with Gasteiger partial charge in [0.15, 0.2) is 0 Å². The highest BCUT2D eigenvalue weighted by atomic mass is 16.4. The summed E-state index contributed by atoms with van der Waals surface area (Å²) in [5.74, 6) is -1.46. The molecule has 4 atom stereocenters. The minimum absolute atomic E-state index is 0.0457. The van der Waals surface area contributed by atoms with Crippen LogP contribution in [0.5, 0.6) is 0 Å². The highest BCUT2D eigenvalue weighted by Crippen LogP contribution is 2.21. The van der Waals surface area contributed by atoms with Gasteiger partial charge in [0.25, 0.3) is 0 Å². The standard InChI is InChI=1S/C10H16N2O5/c13-5-1-7(11-3-5)9(15)12-4-6(14)2-8(12)10(16)17/h5-8,11,13-14H,1-4H2,(H,16,17)/t5?,6?,7?,8-/m0/s1. The van der Waals surface area contributed by atoms with E-state index < -0.39 is 30.3 Å². The van der Waals surface area contributed by atoms with Crippen molar-refractivity contribution in [2.24, 2.45) is 0 Å². The van der Waals surface area contributed by atoms with Crippen molar-refractivity contribution in [3.05, 3.63) is 0 Å². The second-order valence-corrected chi connectivity index (χ2v) is 4.58. The number of hydrogen-bond acceptors (Lipinski definition) is 5. The van der Waals surface area contributed by atoms with Crippen LogP contribution in [0.1, 0.15) is 12.8 Å². The van der Waals surface area contributed by atoms with Crippen molar-refractivity contribution >= 4 is 11.9 Å². The zero-order chi connectivity index (χ0) is 12.6. The van der Waals surface area contributed by atoms with Gasteiger partial charge in [-0.3, -0.25) is 4.79 Å². The molecule has 7 nitrogen and oxygen atoms in total. The molecule has 2 saturated heterocycles. The van der Waals surface area contributed by atoms with E-state index in [9.17, 15) is 19.8 Å². The number of β-amino-alcohol motifs (C(OH)–C–C–N with tert-alkyl or cyclic N) is 2. The number of carbonyl (C=O) groups excluding carboxylic acids is 1. The van der Waals surface area contributed by atoms with Gasteiger partial charge in [0.2, 0.25) is 5.91 Å². The van der Waals surface area contributed by atoms with Crippen molar-refractivity contribution in [2.45, 2.75) is 37.1 Å². The van der Waals surface area contributed by atoms with Gasteiger partial charge in [0, 0.05) is 19.5 Å². The Morgan fingerprint density at radius 2 is 1.88 bits per heavy atom. The number of aliphatic carboxylic acids is 1. The van der Waals surface area contributed by atoms with Gasteiger partial charge in [0.1, 0.15) is 6.04 Å². The molecule has 0 aromatic rings. The van der Waals surface area contributed by atoms with E-state index >= 15 is 0 Å². The quantitative estimate of drug-likeness (QED) is 0.437. The third-order valence-corrected chi connectivity index (χ3v) is 3.25. The first-order chi connectivity index (χ1) is 7.99. The van der Waals surface area contributed by atoms with Crippen molar-refractivity contribution in [1.29, 1.82) is 0 Å². The molecule has 0 spiro atoms. The number of aliphatic hydroxyl groups excluding tert-OH is 2. The summed E-state index contributed by atoms with van der Waals surface area (Å²) in [7, 11) is 0. The van der Waals surface area contributed by atoms with Gasteiger partial charge in [-0.15, -0.1) is 0 Å². The monoisotopic (exact) mass is 244 g/mol. The molecule has 2 aliphatic heterocycles. The predicted octanol–water partition coefficient (Wildman–Crippen LogP) is -2.24. The number of nitrogens with zero attached hydrogens (tertiary/aromatic N) is 1. The topological polar surface area (TPSA) is 110 Å². The van der Waals surface area contributed by atoms with Crippen molar-refractivity contribution < 1.29 is 24.9 Å². The lowest BCUT2D eigenvalue weighted by molar-refractivity contribution is -0.148. The molecule has 17 heavy (non-hydrogen) atoms. The molecular weight excluding hydrogens is 228 g/mol. The molecule has 0 bridgehead atoms. The molecule has 0 aromatic carbocycles. The highest BCUT2D eigenvalue weighted by Gasteiger charge is 2.42. The first-order valence-electron chi connectivity index (χ1n) is 5.62. The van der Waals surface area contributed by atoms with Crippen LogP contribution in [0.15, 0.2) is 0 Å². The molecule has 0 aliphatic carbocycles. The molecule has 2 heterocycles. The Morgan fingerprint density at radius 3 is 2.41 bits per heavy atom. The average molecular weight is 244 g/mol. The minimum atomic E-state index is -1.10. The van der Waals surface area contributed by atoms with Gasteiger partial charge >= 0.3 is 5.97 Å². The van der Waals surface area contributed by atoms with Crippen molar-refractivity contribution in [3.8, 4) is 0 Å². The molecule has 3 unspecified atom stereocenters. The Labute approximate surface area is 98.0 Å². The van der Waals surface area contributed by atoms with Crippen LogP contribution in [0, 0.1) is 0 Å². The van der Waals surface area contributed by atoms with Crippen LogP contribution in [-0.2, 0) is 9.59 Å². The van der Waals surface area contributed by atoms with E-state index in [4.69, 9.17) is 5.11 Å². The van der Waals surface area contributed by atoms with Gasteiger partial charge in [-0.1, -0.05) is 0 Å².